The quantitative estimate of drug-likeness (QED) is 0.886. The van der Waals surface area contributed by atoms with Crippen molar-refractivity contribution in [1.29, 1.82) is 0 Å². The van der Waals surface area contributed by atoms with Crippen LogP contribution in [-0.4, -0.2) is 33.2 Å². The van der Waals surface area contributed by atoms with Crippen LogP contribution in [0.1, 0.15) is 30.4 Å². The van der Waals surface area contributed by atoms with Gasteiger partial charge in [-0.15, -0.1) is 0 Å². The van der Waals surface area contributed by atoms with Crippen LogP contribution < -0.4 is 10.6 Å². The lowest BCUT2D eigenvalue weighted by Crippen LogP contribution is -2.43. The number of piperidine rings is 1. The predicted molar refractivity (Wildman–Crippen MR) is 84.0 cm³/mol. The van der Waals surface area contributed by atoms with E-state index in [2.05, 4.69) is 10.6 Å². The van der Waals surface area contributed by atoms with Gasteiger partial charge in [-0.1, -0.05) is 18.6 Å². The van der Waals surface area contributed by atoms with Gasteiger partial charge in [0.25, 0.3) is 0 Å². The minimum absolute atomic E-state index is 0.00970. The number of sulfone groups is 1. The summed E-state index contributed by atoms with van der Waals surface area (Å²) >= 11 is 0. The number of hydrogen-bond donors (Lipinski definition) is 2. The monoisotopic (exact) mass is 310 g/mol. The highest BCUT2D eigenvalue weighted by Crippen LogP contribution is 2.21. The van der Waals surface area contributed by atoms with Gasteiger partial charge in [-0.2, -0.15) is 0 Å². The number of amides is 1. The SMILES string of the molecule is Cc1c(CS(C)(=O)=O)cccc1NC(=O)C1CCCCN1. The summed E-state index contributed by atoms with van der Waals surface area (Å²) in [4.78, 5) is 12.2. The van der Waals surface area contributed by atoms with Gasteiger partial charge in [0.05, 0.1) is 11.8 Å². The normalized spacial score (nSPS) is 19.2. The van der Waals surface area contributed by atoms with E-state index >= 15 is 0 Å². The highest BCUT2D eigenvalue weighted by Gasteiger charge is 2.21. The molecule has 1 aromatic rings. The fourth-order valence-electron chi connectivity index (χ4n) is 2.55. The summed E-state index contributed by atoms with van der Waals surface area (Å²) in [6.45, 7) is 2.70. The van der Waals surface area contributed by atoms with Crippen LogP contribution >= 0.6 is 0 Å². The maximum atomic E-state index is 12.2. The first kappa shape index (κ1) is 16.0. The number of benzene rings is 1. The number of carbonyl (C=O) groups excluding carboxylic acids is 1. The number of hydrogen-bond acceptors (Lipinski definition) is 4. The largest absolute Gasteiger partial charge is 0.324 e. The van der Waals surface area contributed by atoms with Crippen LogP contribution in [0.25, 0.3) is 0 Å². The molecule has 1 atom stereocenters. The van der Waals surface area contributed by atoms with E-state index in [0.717, 1.165) is 36.9 Å². The van der Waals surface area contributed by atoms with Crippen molar-refractivity contribution in [2.24, 2.45) is 0 Å². The first-order valence-corrected chi connectivity index (χ1v) is 9.23. The highest BCUT2D eigenvalue weighted by atomic mass is 32.2. The molecule has 0 aromatic heterocycles. The third kappa shape index (κ3) is 4.54. The Balaban J connectivity index is 2.13. The van der Waals surface area contributed by atoms with Gasteiger partial charge in [0, 0.05) is 11.9 Å². The summed E-state index contributed by atoms with van der Waals surface area (Å²) in [6, 6.07) is 5.21. The lowest BCUT2D eigenvalue weighted by atomic mass is 10.0. The molecule has 1 unspecified atom stereocenters. The molecule has 1 saturated heterocycles. The molecule has 0 aliphatic carbocycles. The Bertz CT molecular complexity index is 620. The molecule has 1 heterocycles. The first-order chi connectivity index (χ1) is 9.87. The molecule has 2 N–H and O–H groups in total. The molecule has 0 radical (unpaired) electrons. The number of nitrogens with one attached hydrogen (secondary N) is 2. The van der Waals surface area contributed by atoms with Gasteiger partial charge in [-0.05, 0) is 43.5 Å². The minimum atomic E-state index is -3.09. The maximum Gasteiger partial charge on any atom is 0.241 e. The Labute approximate surface area is 126 Å². The summed E-state index contributed by atoms with van der Waals surface area (Å²) in [6.07, 6.45) is 4.21. The third-order valence-corrected chi connectivity index (χ3v) is 4.58. The number of rotatable bonds is 4. The molecule has 0 spiro atoms. The van der Waals surface area contributed by atoms with Crippen molar-refractivity contribution in [3.8, 4) is 0 Å². The smallest absolute Gasteiger partial charge is 0.241 e. The van der Waals surface area contributed by atoms with E-state index in [1.54, 1.807) is 12.1 Å². The van der Waals surface area contributed by atoms with Crippen molar-refractivity contribution in [3.63, 3.8) is 0 Å². The Kier molecular flexibility index (Phi) is 5.00. The fourth-order valence-corrected chi connectivity index (χ4v) is 3.43. The zero-order chi connectivity index (χ0) is 15.5. The second kappa shape index (κ2) is 6.58. The van der Waals surface area contributed by atoms with E-state index < -0.39 is 9.84 Å². The number of carbonyl (C=O) groups is 1. The van der Waals surface area contributed by atoms with Gasteiger partial charge in [0.15, 0.2) is 9.84 Å². The lowest BCUT2D eigenvalue weighted by molar-refractivity contribution is -0.118. The van der Waals surface area contributed by atoms with E-state index in [4.69, 9.17) is 0 Å². The van der Waals surface area contributed by atoms with Crippen molar-refractivity contribution in [1.82, 2.24) is 5.32 Å². The Hall–Kier alpha value is -1.40. The zero-order valence-corrected chi connectivity index (χ0v) is 13.3. The van der Waals surface area contributed by atoms with Crippen molar-refractivity contribution < 1.29 is 13.2 Å². The van der Waals surface area contributed by atoms with Crippen molar-refractivity contribution >= 4 is 21.4 Å². The molecule has 21 heavy (non-hydrogen) atoms. The molecule has 1 aromatic carbocycles. The van der Waals surface area contributed by atoms with Gasteiger partial charge >= 0.3 is 0 Å². The summed E-state index contributed by atoms with van der Waals surface area (Å²) < 4.78 is 22.9. The van der Waals surface area contributed by atoms with Crippen LogP contribution in [0, 0.1) is 6.92 Å². The van der Waals surface area contributed by atoms with Crippen LogP contribution in [-0.2, 0) is 20.4 Å². The zero-order valence-electron chi connectivity index (χ0n) is 12.5. The standard InChI is InChI=1S/C15H22N2O3S/c1-11-12(10-21(2,19)20)6-5-8-13(11)17-15(18)14-7-3-4-9-16-14/h5-6,8,14,16H,3-4,7,9-10H2,1-2H3,(H,17,18). The molecule has 5 nitrogen and oxygen atoms in total. The average Bonchev–Trinajstić information content (AvgIpc) is 2.43. The molecule has 1 aliphatic heterocycles. The van der Waals surface area contributed by atoms with Crippen LogP contribution in [0.5, 0.6) is 0 Å². The van der Waals surface area contributed by atoms with Crippen LogP contribution in [0.2, 0.25) is 0 Å². The minimum Gasteiger partial charge on any atom is -0.324 e. The summed E-state index contributed by atoms with van der Waals surface area (Å²) in [5.41, 5.74) is 2.23. The molecule has 0 saturated carbocycles. The Morgan fingerprint density at radius 1 is 1.38 bits per heavy atom. The molecule has 1 fully saturated rings. The Morgan fingerprint density at radius 2 is 2.14 bits per heavy atom. The predicted octanol–water partition coefficient (Wildman–Crippen LogP) is 1.62. The van der Waals surface area contributed by atoms with Crippen LogP contribution in [0.3, 0.4) is 0 Å². The van der Waals surface area contributed by atoms with E-state index in [1.165, 1.54) is 6.26 Å². The second-order valence-corrected chi connectivity index (χ2v) is 7.79. The van der Waals surface area contributed by atoms with Crippen LogP contribution in [0.4, 0.5) is 5.69 Å². The Morgan fingerprint density at radius 3 is 2.76 bits per heavy atom. The van der Waals surface area contributed by atoms with Gasteiger partial charge in [-0.3, -0.25) is 4.79 Å². The van der Waals surface area contributed by atoms with Gasteiger partial charge < -0.3 is 10.6 Å². The molecule has 2 rings (SSSR count). The average molecular weight is 310 g/mol. The first-order valence-electron chi connectivity index (χ1n) is 7.17. The molecular weight excluding hydrogens is 288 g/mol. The number of anilines is 1. The van der Waals surface area contributed by atoms with Gasteiger partial charge in [-0.25, -0.2) is 8.42 Å². The maximum absolute atomic E-state index is 12.2. The second-order valence-electron chi connectivity index (χ2n) is 5.65. The molecule has 1 aliphatic rings. The summed E-state index contributed by atoms with van der Waals surface area (Å²) in [5, 5.41) is 6.11. The van der Waals surface area contributed by atoms with E-state index in [1.807, 2.05) is 13.0 Å². The van der Waals surface area contributed by atoms with Crippen molar-refractivity contribution in [2.75, 3.05) is 18.1 Å². The van der Waals surface area contributed by atoms with E-state index in [-0.39, 0.29) is 17.7 Å². The molecule has 1 amide bonds. The summed E-state index contributed by atoms with van der Waals surface area (Å²) in [7, 11) is -3.09. The van der Waals surface area contributed by atoms with Crippen molar-refractivity contribution in [3.05, 3.63) is 29.3 Å². The molecular formula is C15H22N2O3S. The van der Waals surface area contributed by atoms with Gasteiger partial charge in [0.1, 0.15) is 0 Å². The topological polar surface area (TPSA) is 75.3 Å². The van der Waals surface area contributed by atoms with Crippen molar-refractivity contribution in [2.45, 2.75) is 38.0 Å². The molecule has 116 valence electrons. The third-order valence-electron chi connectivity index (χ3n) is 3.75. The molecule has 0 bridgehead atoms. The van der Waals surface area contributed by atoms with E-state index in [0.29, 0.717) is 5.69 Å². The highest BCUT2D eigenvalue weighted by molar-refractivity contribution is 7.89. The van der Waals surface area contributed by atoms with Gasteiger partial charge in [0.2, 0.25) is 5.91 Å². The van der Waals surface area contributed by atoms with Crippen LogP contribution in [0.15, 0.2) is 18.2 Å². The lowest BCUT2D eigenvalue weighted by Gasteiger charge is -2.23. The molecule has 6 heteroatoms. The van der Waals surface area contributed by atoms with E-state index in [9.17, 15) is 13.2 Å². The fraction of sp³-hybridized carbons (Fsp3) is 0.533. The summed E-state index contributed by atoms with van der Waals surface area (Å²) in [5.74, 6) is -0.0566.